The number of Topliss-reactive ketones (excluding diaryl/α,β-unsaturated/α-hetero) is 2. The molecule has 5 rings (SSSR count). The second-order valence-corrected chi connectivity index (χ2v) is 8.13. The van der Waals surface area contributed by atoms with E-state index in [1.54, 1.807) is 43.5 Å². The summed E-state index contributed by atoms with van der Waals surface area (Å²) in [6.45, 7) is 0. The fourth-order valence-corrected chi connectivity index (χ4v) is 4.49. The lowest BCUT2D eigenvalue weighted by atomic mass is 9.90. The van der Waals surface area contributed by atoms with Gasteiger partial charge in [0.1, 0.15) is 46.2 Å². The van der Waals surface area contributed by atoms with E-state index in [-0.39, 0.29) is 29.3 Å². The number of ether oxygens (including phenoxy) is 6. The molecule has 0 saturated carbocycles. The number of carbonyl (C=O) groups excluding carboxylic acids is 2. The Morgan fingerprint density at radius 1 is 0.771 bits per heavy atom. The molecule has 0 spiro atoms. The van der Waals surface area contributed by atoms with Crippen LogP contribution in [0, 0.1) is 0 Å². The van der Waals surface area contributed by atoms with Crippen molar-refractivity contribution in [3.63, 3.8) is 0 Å². The van der Waals surface area contributed by atoms with E-state index in [0.29, 0.717) is 39.9 Å². The highest BCUT2D eigenvalue weighted by molar-refractivity contribution is 6.08. The molecule has 0 aliphatic carbocycles. The zero-order valence-electron chi connectivity index (χ0n) is 19.7. The zero-order chi connectivity index (χ0) is 24.7. The van der Waals surface area contributed by atoms with Crippen LogP contribution in [0.2, 0.25) is 0 Å². The highest BCUT2D eigenvalue weighted by Gasteiger charge is 2.43. The second kappa shape index (κ2) is 8.87. The Labute approximate surface area is 202 Å². The number of rotatable bonds is 6. The van der Waals surface area contributed by atoms with Crippen molar-refractivity contribution in [3.8, 4) is 34.5 Å². The predicted molar refractivity (Wildman–Crippen MR) is 126 cm³/mol. The van der Waals surface area contributed by atoms with Gasteiger partial charge < -0.3 is 28.4 Å². The second-order valence-electron chi connectivity index (χ2n) is 8.13. The van der Waals surface area contributed by atoms with E-state index in [1.165, 1.54) is 21.3 Å². The van der Waals surface area contributed by atoms with Gasteiger partial charge in [-0.3, -0.25) is 9.59 Å². The molecule has 2 aliphatic rings. The van der Waals surface area contributed by atoms with Gasteiger partial charge in [0.2, 0.25) is 5.78 Å². The molecule has 35 heavy (non-hydrogen) atoms. The van der Waals surface area contributed by atoms with Crippen molar-refractivity contribution in [3.05, 3.63) is 70.8 Å². The molecule has 0 saturated heterocycles. The van der Waals surface area contributed by atoms with E-state index in [9.17, 15) is 9.59 Å². The van der Waals surface area contributed by atoms with Gasteiger partial charge in [0, 0.05) is 12.1 Å². The molecule has 8 heteroatoms. The minimum atomic E-state index is -1.06. The molecule has 2 unspecified atom stereocenters. The fourth-order valence-electron chi connectivity index (χ4n) is 4.49. The van der Waals surface area contributed by atoms with Crippen molar-refractivity contribution >= 4 is 11.6 Å². The smallest absolute Gasteiger partial charge is 0.211 e. The molecule has 3 aromatic rings. The Bertz CT molecular complexity index is 1310. The summed E-state index contributed by atoms with van der Waals surface area (Å²) in [4.78, 5) is 26.8. The number of ketones is 2. The highest BCUT2D eigenvalue weighted by Crippen LogP contribution is 2.51. The maximum Gasteiger partial charge on any atom is 0.211 e. The third-order valence-corrected chi connectivity index (χ3v) is 6.28. The molecule has 0 bridgehead atoms. The molecule has 0 fully saturated rings. The van der Waals surface area contributed by atoms with E-state index in [1.807, 2.05) is 12.1 Å². The Morgan fingerprint density at radius 2 is 1.46 bits per heavy atom. The van der Waals surface area contributed by atoms with Gasteiger partial charge in [-0.2, -0.15) is 0 Å². The Morgan fingerprint density at radius 3 is 2.11 bits per heavy atom. The Balaban J connectivity index is 1.63. The SMILES string of the molecule is COc1ccc(C2CC(=O)c3c(OC)cc(OC)c(C4Oc5cc(OC)ccc5C4=O)c3O2)cc1. The number of hydrogen-bond donors (Lipinski definition) is 0. The van der Waals surface area contributed by atoms with Crippen LogP contribution in [0.4, 0.5) is 0 Å². The molecule has 3 aromatic carbocycles. The zero-order valence-corrected chi connectivity index (χ0v) is 19.7. The van der Waals surface area contributed by atoms with Gasteiger partial charge in [0.25, 0.3) is 0 Å². The molecule has 0 amide bonds. The average Bonchev–Trinajstić information content (AvgIpc) is 3.22. The molecule has 2 atom stereocenters. The van der Waals surface area contributed by atoms with Crippen LogP contribution in [0.3, 0.4) is 0 Å². The summed E-state index contributed by atoms with van der Waals surface area (Å²) in [6.07, 6.45) is -1.53. The van der Waals surface area contributed by atoms with Crippen LogP contribution >= 0.6 is 0 Å². The largest absolute Gasteiger partial charge is 0.497 e. The van der Waals surface area contributed by atoms with Crippen molar-refractivity contribution in [2.24, 2.45) is 0 Å². The Hall–Kier alpha value is -4.20. The van der Waals surface area contributed by atoms with Crippen LogP contribution < -0.4 is 28.4 Å². The van der Waals surface area contributed by atoms with Crippen molar-refractivity contribution < 1.29 is 38.0 Å². The van der Waals surface area contributed by atoms with Crippen molar-refractivity contribution in [2.45, 2.75) is 18.6 Å². The average molecular weight is 476 g/mol. The van der Waals surface area contributed by atoms with Gasteiger partial charge in [-0.05, 0) is 29.8 Å². The van der Waals surface area contributed by atoms with E-state index in [2.05, 4.69) is 0 Å². The first kappa shape index (κ1) is 22.6. The Kier molecular flexibility index (Phi) is 5.72. The summed E-state index contributed by atoms with van der Waals surface area (Å²) in [5.74, 6) is 2.06. The van der Waals surface area contributed by atoms with Gasteiger partial charge in [0.05, 0.1) is 46.0 Å². The number of fused-ring (bicyclic) bond motifs is 2. The molecular formula is C27H24O8. The summed E-state index contributed by atoms with van der Waals surface area (Å²) in [5.41, 5.74) is 1.81. The lowest BCUT2D eigenvalue weighted by molar-refractivity contribution is 0.0792. The minimum absolute atomic E-state index is 0.109. The predicted octanol–water partition coefficient (Wildman–Crippen LogP) is 4.74. The normalized spacial score (nSPS) is 18.2. The van der Waals surface area contributed by atoms with Crippen molar-refractivity contribution in [1.82, 2.24) is 0 Å². The third kappa shape index (κ3) is 3.71. The highest BCUT2D eigenvalue weighted by atomic mass is 16.5. The van der Waals surface area contributed by atoms with Gasteiger partial charge >= 0.3 is 0 Å². The van der Waals surface area contributed by atoms with Gasteiger partial charge in [-0.1, -0.05) is 12.1 Å². The van der Waals surface area contributed by atoms with Gasteiger partial charge in [0.15, 0.2) is 11.9 Å². The van der Waals surface area contributed by atoms with Crippen LogP contribution in [0.15, 0.2) is 48.5 Å². The molecule has 0 N–H and O–H groups in total. The van der Waals surface area contributed by atoms with Crippen LogP contribution in [0.25, 0.3) is 0 Å². The molecule has 0 aromatic heterocycles. The van der Waals surface area contributed by atoms with E-state index >= 15 is 0 Å². The first-order valence-corrected chi connectivity index (χ1v) is 11.0. The number of methoxy groups -OCH3 is 4. The minimum Gasteiger partial charge on any atom is -0.497 e. The van der Waals surface area contributed by atoms with Gasteiger partial charge in [-0.25, -0.2) is 0 Å². The lowest BCUT2D eigenvalue weighted by Crippen LogP contribution is -2.24. The van der Waals surface area contributed by atoms with Gasteiger partial charge in [-0.15, -0.1) is 0 Å². The van der Waals surface area contributed by atoms with E-state index in [0.717, 1.165) is 5.56 Å². The molecule has 8 nitrogen and oxygen atoms in total. The summed E-state index contributed by atoms with van der Waals surface area (Å²) in [6, 6.07) is 13.9. The summed E-state index contributed by atoms with van der Waals surface area (Å²) in [7, 11) is 6.07. The lowest BCUT2D eigenvalue weighted by Gasteiger charge is -2.30. The molecule has 180 valence electrons. The quantitative estimate of drug-likeness (QED) is 0.504. The maximum atomic E-state index is 13.4. The van der Waals surface area contributed by atoms with Crippen molar-refractivity contribution in [1.29, 1.82) is 0 Å². The molecule has 0 radical (unpaired) electrons. The summed E-state index contributed by atoms with van der Waals surface area (Å²) >= 11 is 0. The van der Waals surface area contributed by atoms with Crippen LogP contribution in [0.1, 0.15) is 50.5 Å². The molecule has 2 heterocycles. The van der Waals surface area contributed by atoms with Crippen LogP contribution in [-0.4, -0.2) is 40.0 Å². The van der Waals surface area contributed by atoms with Crippen LogP contribution in [0.5, 0.6) is 34.5 Å². The standard InChI is InChI=1S/C27H24O8/c1-30-15-7-5-14(6-8-15)19-12-18(28)23-21(32-3)13-22(33-4)24(26(23)34-19)27-25(29)17-10-9-16(31-2)11-20(17)35-27/h5-11,13,19,27H,12H2,1-4H3. The first-order valence-electron chi connectivity index (χ1n) is 11.0. The number of hydrogen-bond acceptors (Lipinski definition) is 8. The topological polar surface area (TPSA) is 89.5 Å². The van der Waals surface area contributed by atoms with E-state index < -0.39 is 12.2 Å². The van der Waals surface area contributed by atoms with Crippen LogP contribution in [-0.2, 0) is 0 Å². The summed E-state index contributed by atoms with van der Waals surface area (Å²) < 4.78 is 34.1. The summed E-state index contributed by atoms with van der Waals surface area (Å²) in [5, 5.41) is 0. The first-order chi connectivity index (χ1) is 17.0. The number of benzene rings is 3. The molecular weight excluding hydrogens is 452 g/mol. The molecule has 2 aliphatic heterocycles. The van der Waals surface area contributed by atoms with E-state index in [4.69, 9.17) is 28.4 Å². The fraction of sp³-hybridized carbons (Fsp3) is 0.259. The monoisotopic (exact) mass is 476 g/mol. The maximum absolute atomic E-state index is 13.4. The van der Waals surface area contributed by atoms with Crippen molar-refractivity contribution in [2.75, 3.05) is 28.4 Å². The third-order valence-electron chi connectivity index (χ3n) is 6.28. The number of carbonyl (C=O) groups is 2.